The van der Waals surface area contributed by atoms with Gasteiger partial charge in [-0.1, -0.05) is 12.8 Å². The van der Waals surface area contributed by atoms with Gasteiger partial charge in [0, 0.05) is 0 Å². The van der Waals surface area contributed by atoms with Crippen LogP contribution in [0.15, 0.2) is 16.6 Å². The lowest BCUT2D eigenvalue weighted by Gasteiger charge is -2.34. The summed E-state index contributed by atoms with van der Waals surface area (Å²) in [4.78, 5) is 14.5. The van der Waals surface area contributed by atoms with Crippen molar-refractivity contribution in [1.82, 2.24) is 4.90 Å². The highest BCUT2D eigenvalue weighted by Gasteiger charge is 2.45. The van der Waals surface area contributed by atoms with Crippen molar-refractivity contribution >= 4 is 21.7 Å². The number of ketones is 1. The molecule has 104 valence electrons. The molecule has 0 spiro atoms. The molecule has 1 aliphatic carbocycles. The molecule has 0 saturated heterocycles. The molecule has 19 heavy (non-hydrogen) atoms. The number of rotatable bonds is 3. The fraction of sp³-hybridized carbons (Fsp3) is 0.500. The molecule has 1 aromatic carbocycles. The van der Waals surface area contributed by atoms with Crippen molar-refractivity contribution in [1.29, 1.82) is 0 Å². The molecule has 0 amide bonds. The van der Waals surface area contributed by atoms with Crippen LogP contribution in [0.25, 0.3) is 0 Å². The maximum atomic E-state index is 14.1. The Morgan fingerprint density at radius 2 is 1.84 bits per heavy atom. The molecule has 1 fully saturated rings. The van der Waals surface area contributed by atoms with Crippen LogP contribution in [0.5, 0.6) is 0 Å². The minimum Gasteiger partial charge on any atom is -0.297 e. The van der Waals surface area contributed by atoms with Gasteiger partial charge in [-0.2, -0.15) is 0 Å². The van der Waals surface area contributed by atoms with Crippen molar-refractivity contribution in [2.45, 2.75) is 31.2 Å². The number of hydrogen-bond donors (Lipinski definition) is 0. The summed E-state index contributed by atoms with van der Waals surface area (Å²) in [5.74, 6) is -2.05. The Morgan fingerprint density at radius 3 is 2.37 bits per heavy atom. The molecule has 1 saturated carbocycles. The van der Waals surface area contributed by atoms with Gasteiger partial charge in [0.25, 0.3) is 0 Å². The maximum absolute atomic E-state index is 14.1. The van der Waals surface area contributed by atoms with E-state index in [1.54, 1.807) is 19.0 Å². The van der Waals surface area contributed by atoms with E-state index in [0.717, 1.165) is 18.9 Å². The van der Waals surface area contributed by atoms with Crippen LogP contribution in [0.1, 0.15) is 36.0 Å². The molecule has 5 heteroatoms. The normalized spacial score (nSPS) is 18.0. The van der Waals surface area contributed by atoms with Gasteiger partial charge in [-0.25, -0.2) is 8.78 Å². The summed E-state index contributed by atoms with van der Waals surface area (Å²) < 4.78 is 28.1. The zero-order valence-corrected chi connectivity index (χ0v) is 12.6. The predicted octanol–water partition coefficient (Wildman–Crippen LogP) is 3.78. The van der Waals surface area contributed by atoms with E-state index in [-0.39, 0.29) is 4.47 Å². The van der Waals surface area contributed by atoms with Crippen molar-refractivity contribution in [3.63, 3.8) is 0 Å². The van der Waals surface area contributed by atoms with Crippen molar-refractivity contribution in [3.05, 3.63) is 33.8 Å². The van der Waals surface area contributed by atoms with E-state index in [1.165, 1.54) is 6.07 Å². The molecule has 0 bridgehead atoms. The summed E-state index contributed by atoms with van der Waals surface area (Å²) in [6, 6.07) is 2.40. The Bertz CT molecular complexity index is 510. The van der Waals surface area contributed by atoms with E-state index in [0.29, 0.717) is 12.8 Å². The standard InChI is InChI=1S/C14H16BrF2NO/c1-18(2)14(7-3-4-8-14)13(19)11-10(16)6-5-9(15)12(11)17/h5-6H,3-4,7-8H2,1-2H3. The summed E-state index contributed by atoms with van der Waals surface area (Å²) in [5.41, 5.74) is -1.20. The van der Waals surface area contributed by atoms with Crippen LogP contribution in [-0.2, 0) is 0 Å². The molecule has 2 nitrogen and oxygen atoms in total. The van der Waals surface area contributed by atoms with Gasteiger partial charge in [-0.15, -0.1) is 0 Å². The lowest BCUT2D eigenvalue weighted by atomic mass is 9.86. The summed E-state index contributed by atoms with van der Waals surface area (Å²) in [6.07, 6.45) is 3.09. The van der Waals surface area contributed by atoms with Crippen molar-refractivity contribution in [2.24, 2.45) is 0 Å². The van der Waals surface area contributed by atoms with Crippen LogP contribution in [0.3, 0.4) is 0 Å². The van der Waals surface area contributed by atoms with E-state index in [1.807, 2.05) is 0 Å². The number of Topliss-reactive ketones (excluding diaryl/α,β-unsaturated/α-hetero) is 1. The monoisotopic (exact) mass is 331 g/mol. The molecule has 0 aliphatic heterocycles. The van der Waals surface area contributed by atoms with E-state index in [4.69, 9.17) is 0 Å². The minimum atomic E-state index is -0.807. The molecule has 0 atom stereocenters. The fourth-order valence-corrected chi connectivity index (χ4v) is 3.14. The third-order valence-corrected chi connectivity index (χ3v) is 4.59. The Hall–Kier alpha value is -0.810. The zero-order valence-electron chi connectivity index (χ0n) is 11.0. The van der Waals surface area contributed by atoms with E-state index < -0.39 is 28.5 Å². The van der Waals surface area contributed by atoms with Crippen molar-refractivity contribution in [2.75, 3.05) is 14.1 Å². The van der Waals surface area contributed by atoms with Crippen molar-refractivity contribution in [3.8, 4) is 0 Å². The number of likely N-dealkylation sites (N-methyl/N-ethyl adjacent to an activating group) is 1. The maximum Gasteiger partial charge on any atom is 0.188 e. The third kappa shape index (κ3) is 2.34. The van der Waals surface area contributed by atoms with Crippen LogP contribution in [0.4, 0.5) is 8.78 Å². The van der Waals surface area contributed by atoms with E-state index in [2.05, 4.69) is 15.9 Å². The van der Waals surface area contributed by atoms with Crippen LogP contribution < -0.4 is 0 Å². The zero-order chi connectivity index (χ0) is 14.2. The Labute approximate surface area is 119 Å². The first-order valence-corrected chi connectivity index (χ1v) is 7.05. The number of hydrogen-bond acceptors (Lipinski definition) is 2. The number of carbonyl (C=O) groups excluding carboxylic acids is 1. The van der Waals surface area contributed by atoms with Gasteiger partial charge in [0.05, 0.1) is 15.6 Å². The lowest BCUT2D eigenvalue weighted by molar-refractivity contribution is 0.0683. The molecule has 1 aliphatic rings. The van der Waals surface area contributed by atoms with Gasteiger partial charge in [0.2, 0.25) is 0 Å². The average Bonchev–Trinajstić information content (AvgIpc) is 2.85. The molecule has 2 rings (SSSR count). The number of halogens is 3. The first-order valence-electron chi connectivity index (χ1n) is 6.26. The van der Waals surface area contributed by atoms with Crippen LogP contribution >= 0.6 is 15.9 Å². The number of nitrogens with zero attached hydrogens (tertiary/aromatic N) is 1. The summed E-state index contributed by atoms with van der Waals surface area (Å²) in [7, 11) is 3.58. The molecular formula is C14H16BrF2NO. The Balaban J connectivity index is 2.52. The van der Waals surface area contributed by atoms with Gasteiger partial charge in [-0.3, -0.25) is 9.69 Å². The lowest BCUT2D eigenvalue weighted by Crippen LogP contribution is -2.49. The highest BCUT2D eigenvalue weighted by molar-refractivity contribution is 9.10. The largest absolute Gasteiger partial charge is 0.297 e. The second-order valence-electron chi connectivity index (χ2n) is 5.18. The average molecular weight is 332 g/mol. The molecule has 0 unspecified atom stereocenters. The van der Waals surface area contributed by atoms with Crippen molar-refractivity contribution < 1.29 is 13.6 Å². The number of benzene rings is 1. The predicted molar refractivity (Wildman–Crippen MR) is 73.3 cm³/mol. The Kier molecular flexibility index (Phi) is 4.06. The smallest absolute Gasteiger partial charge is 0.188 e. The second-order valence-corrected chi connectivity index (χ2v) is 6.03. The first kappa shape index (κ1) is 14.6. The minimum absolute atomic E-state index is 0.115. The van der Waals surface area contributed by atoms with Gasteiger partial charge in [0.15, 0.2) is 11.6 Å². The third-order valence-electron chi connectivity index (χ3n) is 3.98. The van der Waals surface area contributed by atoms with Gasteiger partial charge in [-0.05, 0) is 55.0 Å². The summed E-state index contributed by atoms with van der Waals surface area (Å²) in [6.45, 7) is 0. The molecule has 0 radical (unpaired) electrons. The quantitative estimate of drug-likeness (QED) is 0.620. The molecule has 1 aromatic rings. The van der Waals surface area contributed by atoms with E-state index in [9.17, 15) is 13.6 Å². The molecule has 0 aromatic heterocycles. The van der Waals surface area contributed by atoms with Crippen LogP contribution in [-0.4, -0.2) is 30.3 Å². The number of carbonyl (C=O) groups is 1. The second kappa shape index (κ2) is 5.29. The molecule has 0 N–H and O–H groups in total. The van der Waals surface area contributed by atoms with Crippen LogP contribution in [0, 0.1) is 11.6 Å². The highest BCUT2D eigenvalue weighted by Crippen LogP contribution is 2.38. The van der Waals surface area contributed by atoms with Gasteiger partial charge < -0.3 is 0 Å². The summed E-state index contributed by atoms with van der Waals surface area (Å²) >= 11 is 3.00. The first-order chi connectivity index (χ1) is 8.90. The van der Waals surface area contributed by atoms with Gasteiger partial charge >= 0.3 is 0 Å². The SMILES string of the molecule is CN(C)C1(C(=O)c2c(F)ccc(Br)c2F)CCCC1. The van der Waals surface area contributed by atoms with E-state index >= 15 is 0 Å². The molecular weight excluding hydrogens is 316 g/mol. The topological polar surface area (TPSA) is 20.3 Å². The summed E-state index contributed by atoms with van der Waals surface area (Å²) in [5, 5.41) is 0. The molecule has 0 heterocycles. The fourth-order valence-electron chi connectivity index (χ4n) is 2.81. The highest BCUT2D eigenvalue weighted by atomic mass is 79.9. The van der Waals surface area contributed by atoms with Gasteiger partial charge in [0.1, 0.15) is 5.82 Å². The Morgan fingerprint density at radius 1 is 1.26 bits per heavy atom. The van der Waals surface area contributed by atoms with Crippen LogP contribution in [0.2, 0.25) is 0 Å².